The van der Waals surface area contributed by atoms with Crippen LogP contribution < -0.4 is 11.2 Å². The third-order valence-corrected chi connectivity index (χ3v) is 9.62. The Morgan fingerprint density at radius 3 is 2.29 bits per heavy atom. The minimum Gasteiger partial charge on any atom is -0.465 e. The molecule has 208 valence electrons. The zero-order valence-electron chi connectivity index (χ0n) is 23.4. The van der Waals surface area contributed by atoms with Gasteiger partial charge in [0.25, 0.3) is 5.56 Å². The van der Waals surface area contributed by atoms with Crippen molar-refractivity contribution in [1.29, 1.82) is 0 Å². The van der Waals surface area contributed by atoms with Crippen LogP contribution in [0.1, 0.15) is 97.4 Å². The van der Waals surface area contributed by atoms with E-state index in [1.807, 2.05) is 6.07 Å². The molecule has 2 saturated heterocycles. The Morgan fingerprint density at radius 1 is 0.895 bits per heavy atom. The van der Waals surface area contributed by atoms with E-state index in [2.05, 4.69) is 18.7 Å². The summed E-state index contributed by atoms with van der Waals surface area (Å²) in [5, 5.41) is 0.490. The van der Waals surface area contributed by atoms with Crippen LogP contribution in [0.15, 0.2) is 33.9 Å². The molecule has 1 unspecified atom stereocenters. The van der Waals surface area contributed by atoms with E-state index >= 15 is 0 Å². The van der Waals surface area contributed by atoms with E-state index < -0.39 is 5.97 Å². The highest BCUT2D eigenvalue weighted by molar-refractivity contribution is 5.80. The van der Waals surface area contributed by atoms with E-state index in [9.17, 15) is 14.4 Å². The van der Waals surface area contributed by atoms with Gasteiger partial charge in [-0.1, -0.05) is 51.7 Å². The molecule has 1 aromatic carbocycles. The molecule has 1 aromatic heterocycles. The first-order valence-electron chi connectivity index (χ1n) is 15.1. The maximum atomic E-state index is 13.8. The number of para-hydroxylation sites is 1. The van der Waals surface area contributed by atoms with Gasteiger partial charge in [0, 0.05) is 24.2 Å². The first-order chi connectivity index (χ1) is 18.4. The monoisotopic (exact) mass is 523 g/mol. The van der Waals surface area contributed by atoms with Crippen LogP contribution in [0, 0.1) is 11.8 Å². The van der Waals surface area contributed by atoms with Crippen LogP contribution in [0.3, 0.4) is 0 Å². The Balaban J connectivity index is 1.47. The fraction of sp³-hybridized carbons (Fsp3) is 0.710. The van der Waals surface area contributed by atoms with Gasteiger partial charge in [-0.3, -0.25) is 23.6 Å². The number of benzene rings is 1. The second-order valence-corrected chi connectivity index (χ2v) is 12.0. The third kappa shape index (κ3) is 5.23. The van der Waals surface area contributed by atoms with Crippen LogP contribution in [0.2, 0.25) is 0 Å². The molecule has 0 radical (unpaired) electrons. The molecule has 3 aliphatic rings. The van der Waals surface area contributed by atoms with Crippen LogP contribution in [-0.2, 0) is 16.1 Å². The highest BCUT2D eigenvalue weighted by Crippen LogP contribution is 2.45. The third-order valence-electron chi connectivity index (χ3n) is 9.62. The minimum absolute atomic E-state index is 0.142. The first-order valence-corrected chi connectivity index (χ1v) is 15.1. The molecule has 0 N–H and O–H groups in total. The summed E-state index contributed by atoms with van der Waals surface area (Å²) < 4.78 is 8.09. The molecule has 7 nitrogen and oxygen atoms in total. The smallest absolute Gasteiger partial charge is 0.332 e. The summed E-state index contributed by atoms with van der Waals surface area (Å²) in [5.74, 6) is 1.17. The molecule has 7 heteroatoms. The molecule has 2 aliphatic heterocycles. The number of carbonyl (C=O) groups is 1. The number of nitrogens with zero attached hydrogens (tertiary/aromatic N) is 3. The summed E-state index contributed by atoms with van der Waals surface area (Å²) in [6, 6.07) is 8.44. The SMILES string of the molecule is CCC[C@H]1C[C@@H](CC)C[C@H](N2[C@@H]3CCC[C@H]2CC(n2c(=O)c4ccccc4n(CC(=O)OCC)c2=O)C3)C1. The lowest BCUT2D eigenvalue weighted by Crippen LogP contribution is -2.59. The minimum atomic E-state index is -0.457. The molecule has 1 saturated carbocycles. The van der Waals surface area contributed by atoms with E-state index in [0.717, 1.165) is 37.5 Å². The standard InChI is InChI=1S/C31H45N3O4/c1-4-10-22-15-21(5-2)16-25(17-22)33-23-11-9-12-24(33)19-26(18-23)34-30(36)27-13-7-8-14-28(27)32(31(34)37)20-29(35)38-6-3/h7-8,13-14,21-26H,4-6,9-12,15-20H2,1-3H3/t21-,22+,23-,24+,25+,26?/m1/s1. The van der Waals surface area contributed by atoms with Gasteiger partial charge in [-0.2, -0.15) is 0 Å². The van der Waals surface area contributed by atoms with Gasteiger partial charge in [-0.05, 0) is 75.8 Å². The van der Waals surface area contributed by atoms with Crippen LogP contribution >= 0.6 is 0 Å². The fourth-order valence-electron chi connectivity index (χ4n) is 8.10. The Kier molecular flexibility index (Phi) is 8.41. The van der Waals surface area contributed by atoms with Crippen LogP contribution in [-0.4, -0.2) is 44.7 Å². The summed E-state index contributed by atoms with van der Waals surface area (Å²) in [7, 11) is 0. The van der Waals surface area contributed by atoms with E-state index in [4.69, 9.17) is 4.74 Å². The van der Waals surface area contributed by atoms with Gasteiger partial charge < -0.3 is 4.74 Å². The number of piperidine rings is 2. The van der Waals surface area contributed by atoms with Crippen molar-refractivity contribution in [2.45, 2.75) is 122 Å². The number of hydrogen-bond donors (Lipinski definition) is 0. The summed E-state index contributed by atoms with van der Waals surface area (Å²) in [5.41, 5.74) is -0.113. The lowest BCUT2D eigenvalue weighted by atomic mass is 9.72. The van der Waals surface area contributed by atoms with Crippen LogP contribution in [0.5, 0.6) is 0 Å². The quantitative estimate of drug-likeness (QED) is 0.440. The number of carbonyl (C=O) groups excluding carboxylic acids is 1. The summed E-state index contributed by atoms with van der Waals surface area (Å²) in [6.07, 6.45) is 13.0. The Morgan fingerprint density at radius 2 is 1.61 bits per heavy atom. The molecule has 3 fully saturated rings. The van der Waals surface area contributed by atoms with E-state index in [0.29, 0.717) is 29.0 Å². The Hall–Kier alpha value is -2.41. The predicted octanol–water partition coefficient (Wildman–Crippen LogP) is 5.28. The zero-order valence-corrected chi connectivity index (χ0v) is 23.4. The molecule has 1 aliphatic carbocycles. The molecule has 3 heterocycles. The van der Waals surface area contributed by atoms with Crippen molar-refractivity contribution in [3.8, 4) is 0 Å². The molecular formula is C31H45N3O4. The molecule has 0 amide bonds. The van der Waals surface area contributed by atoms with E-state index in [-0.39, 0.29) is 30.4 Å². The van der Waals surface area contributed by atoms with Crippen molar-refractivity contribution in [3.05, 3.63) is 45.1 Å². The fourth-order valence-corrected chi connectivity index (χ4v) is 8.10. The summed E-state index contributed by atoms with van der Waals surface area (Å²) in [4.78, 5) is 42.8. The van der Waals surface area contributed by atoms with Gasteiger partial charge in [0.1, 0.15) is 6.54 Å². The summed E-state index contributed by atoms with van der Waals surface area (Å²) >= 11 is 0. The largest absolute Gasteiger partial charge is 0.465 e. The zero-order chi connectivity index (χ0) is 26.8. The van der Waals surface area contributed by atoms with E-state index in [1.54, 1.807) is 25.1 Å². The van der Waals surface area contributed by atoms with Crippen molar-refractivity contribution in [3.63, 3.8) is 0 Å². The lowest BCUT2D eigenvalue weighted by Gasteiger charge is -2.54. The molecule has 2 aromatic rings. The van der Waals surface area contributed by atoms with Gasteiger partial charge in [0.2, 0.25) is 0 Å². The second-order valence-electron chi connectivity index (χ2n) is 12.0. The number of aromatic nitrogens is 2. The molecule has 38 heavy (non-hydrogen) atoms. The lowest BCUT2D eigenvalue weighted by molar-refractivity contribution is -0.143. The van der Waals surface area contributed by atoms with Gasteiger partial charge in [-0.25, -0.2) is 4.79 Å². The van der Waals surface area contributed by atoms with E-state index in [1.165, 1.54) is 54.1 Å². The molecule has 5 rings (SSSR count). The van der Waals surface area contributed by atoms with Crippen molar-refractivity contribution in [2.75, 3.05) is 6.61 Å². The Bertz CT molecular complexity index is 1240. The van der Waals surface area contributed by atoms with Gasteiger partial charge in [-0.15, -0.1) is 0 Å². The average Bonchev–Trinajstić information content (AvgIpc) is 2.91. The number of ether oxygens (including phenoxy) is 1. The van der Waals surface area contributed by atoms with Crippen molar-refractivity contribution >= 4 is 16.9 Å². The number of hydrogen-bond acceptors (Lipinski definition) is 5. The van der Waals surface area contributed by atoms with Crippen molar-refractivity contribution < 1.29 is 9.53 Å². The average molecular weight is 524 g/mol. The first kappa shape index (κ1) is 27.2. The molecule has 2 bridgehead atoms. The highest BCUT2D eigenvalue weighted by atomic mass is 16.5. The van der Waals surface area contributed by atoms with Crippen molar-refractivity contribution in [2.24, 2.45) is 11.8 Å². The second kappa shape index (κ2) is 11.8. The molecule has 6 atom stereocenters. The molecular weight excluding hydrogens is 478 g/mol. The van der Waals surface area contributed by atoms with Crippen LogP contribution in [0.4, 0.5) is 0 Å². The maximum Gasteiger partial charge on any atom is 0.332 e. The highest BCUT2D eigenvalue weighted by Gasteiger charge is 2.45. The normalized spacial score (nSPS) is 29.9. The van der Waals surface area contributed by atoms with Crippen molar-refractivity contribution in [1.82, 2.24) is 14.0 Å². The van der Waals surface area contributed by atoms with Gasteiger partial charge in [0.05, 0.1) is 17.5 Å². The number of fused-ring (bicyclic) bond motifs is 3. The number of esters is 1. The van der Waals surface area contributed by atoms with Crippen LogP contribution in [0.25, 0.3) is 10.9 Å². The number of rotatable bonds is 8. The topological polar surface area (TPSA) is 73.5 Å². The van der Waals surface area contributed by atoms with Gasteiger partial charge >= 0.3 is 11.7 Å². The Labute approximate surface area is 226 Å². The van der Waals surface area contributed by atoms with Gasteiger partial charge in [0.15, 0.2) is 0 Å². The molecule has 0 spiro atoms. The maximum absolute atomic E-state index is 13.8. The summed E-state index contributed by atoms with van der Waals surface area (Å²) in [6.45, 7) is 6.48. The predicted molar refractivity (Wildman–Crippen MR) is 150 cm³/mol.